The Morgan fingerprint density at radius 3 is 2.81 bits per heavy atom. The van der Waals surface area contributed by atoms with E-state index in [0.717, 1.165) is 31.7 Å². The van der Waals surface area contributed by atoms with E-state index in [9.17, 15) is 0 Å². The van der Waals surface area contributed by atoms with Crippen molar-refractivity contribution in [2.75, 3.05) is 13.2 Å². The van der Waals surface area contributed by atoms with Crippen LogP contribution in [0.3, 0.4) is 0 Å². The van der Waals surface area contributed by atoms with E-state index in [1.54, 1.807) is 0 Å². The van der Waals surface area contributed by atoms with Crippen LogP contribution in [0.25, 0.3) is 0 Å². The predicted molar refractivity (Wildman–Crippen MR) is 65.4 cm³/mol. The minimum Gasteiger partial charge on any atom is -0.382 e. The van der Waals surface area contributed by atoms with Crippen molar-refractivity contribution in [3.63, 3.8) is 0 Å². The lowest BCUT2D eigenvalue weighted by Gasteiger charge is -2.09. The van der Waals surface area contributed by atoms with Crippen LogP contribution in [-0.2, 0) is 11.2 Å². The molecular formula is C12H23N3O. The van der Waals surface area contributed by atoms with Crippen molar-refractivity contribution in [3.8, 4) is 0 Å². The number of aromatic nitrogens is 2. The molecule has 1 atom stereocenters. The summed E-state index contributed by atoms with van der Waals surface area (Å²) < 4.78 is 7.24. The summed E-state index contributed by atoms with van der Waals surface area (Å²) in [6, 6.07) is 2.59. The van der Waals surface area contributed by atoms with Crippen LogP contribution in [0.4, 0.5) is 0 Å². The highest BCUT2D eigenvalue weighted by Gasteiger charge is 2.07. The Labute approximate surface area is 97.8 Å². The number of rotatable bonds is 7. The Balaban J connectivity index is 2.34. The van der Waals surface area contributed by atoms with Gasteiger partial charge in [0.25, 0.3) is 0 Å². The van der Waals surface area contributed by atoms with Crippen LogP contribution in [0.15, 0.2) is 12.3 Å². The Morgan fingerprint density at radius 1 is 1.50 bits per heavy atom. The van der Waals surface area contributed by atoms with Crippen molar-refractivity contribution in [3.05, 3.63) is 18.0 Å². The van der Waals surface area contributed by atoms with Crippen molar-refractivity contribution < 1.29 is 4.74 Å². The van der Waals surface area contributed by atoms with E-state index in [2.05, 4.69) is 18.9 Å². The molecule has 0 amide bonds. The Morgan fingerprint density at radius 2 is 2.25 bits per heavy atom. The second-order valence-electron chi connectivity index (χ2n) is 4.33. The van der Waals surface area contributed by atoms with Crippen LogP contribution in [0, 0.1) is 0 Å². The SMILES string of the molecule is CCOCCC(N)Cc1ccn(C(C)C)n1. The summed E-state index contributed by atoms with van der Waals surface area (Å²) in [5.41, 5.74) is 7.07. The maximum atomic E-state index is 6.00. The van der Waals surface area contributed by atoms with Gasteiger partial charge in [0, 0.05) is 37.9 Å². The van der Waals surface area contributed by atoms with Crippen LogP contribution in [0.5, 0.6) is 0 Å². The molecule has 0 bridgehead atoms. The molecule has 0 aromatic carbocycles. The second-order valence-corrected chi connectivity index (χ2v) is 4.33. The van der Waals surface area contributed by atoms with Crippen LogP contribution in [0.2, 0.25) is 0 Å². The lowest BCUT2D eigenvalue weighted by molar-refractivity contribution is 0.140. The smallest absolute Gasteiger partial charge is 0.0640 e. The molecule has 4 heteroatoms. The van der Waals surface area contributed by atoms with Crippen LogP contribution < -0.4 is 5.73 Å². The molecule has 0 radical (unpaired) electrons. The molecule has 0 aliphatic heterocycles. The average Bonchev–Trinajstić information content (AvgIpc) is 2.66. The zero-order valence-corrected chi connectivity index (χ0v) is 10.5. The van der Waals surface area contributed by atoms with E-state index in [1.165, 1.54) is 0 Å². The third-order valence-corrected chi connectivity index (χ3v) is 2.50. The van der Waals surface area contributed by atoms with E-state index in [4.69, 9.17) is 10.5 Å². The fourth-order valence-corrected chi connectivity index (χ4v) is 1.52. The first-order valence-electron chi connectivity index (χ1n) is 6.00. The summed E-state index contributed by atoms with van der Waals surface area (Å²) in [4.78, 5) is 0. The highest BCUT2D eigenvalue weighted by molar-refractivity contribution is 5.01. The Bertz CT molecular complexity index is 296. The Hall–Kier alpha value is -0.870. The van der Waals surface area contributed by atoms with Gasteiger partial charge in [0.15, 0.2) is 0 Å². The molecule has 0 aliphatic carbocycles. The molecule has 2 N–H and O–H groups in total. The van der Waals surface area contributed by atoms with Gasteiger partial charge < -0.3 is 10.5 Å². The molecule has 0 saturated heterocycles. The number of hydrogen-bond acceptors (Lipinski definition) is 3. The molecule has 1 heterocycles. The molecule has 0 saturated carbocycles. The lowest BCUT2D eigenvalue weighted by atomic mass is 10.1. The van der Waals surface area contributed by atoms with Gasteiger partial charge in [-0.05, 0) is 33.3 Å². The largest absolute Gasteiger partial charge is 0.382 e. The standard InChI is InChI=1S/C12H23N3O/c1-4-16-8-6-11(13)9-12-5-7-15(14-12)10(2)3/h5,7,10-11H,4,6,8-9,13H2,1-3H3. The van der Waals surface area contributed by atoms with Crippen molar-refractivity contribution in [1.29, 1.82) is 0 Å². The minimum absolute atomic E-state index is 0.141. The van der Waals surface area contributed by atoms with E-state index in [1.807, 2.05) is 23.9 Å². The van der Waals surface area contributed by atoms with Gasteiger partial charge in [-0.3, -0.25) is 4.68 Å². The van der Waals surface area contributed by atoms with E-state index < -0.39 is 0 Å². The number of hydrogen-bond donors (Lipinski definition) is 1. The first-order valence-corrected chi connectivity index (χ1v) is 6.00. The van der Waals surface area contributed by atoms with Crippen molar-refractivity contribution >= 4 is 0 Å². The average molecular weight is 225 g/mol. The van der Waals surface area contributed by atoms with E-state index in [-0.39, 0.29) is 6.04 Å². The summed E-state index contributed by atoms with van der Waals surface area (Å²) in [7, 11) is 0. The second kappa shape index (κ2) is 6.66. The van der Waals surface area contributed by atoms with E-state index in [0.29, 0.717) is 6.04 Å². The summed E-state index contributed by atoms with van der Waals surface area (Å²) >= 11 is 0. The zero-order valence-electron chi connectivity index (χ0n) is 10.5. The molecule has 0 spiro atoms. The Kier molecular flexibility index (Phi) is 5.49. The summed E-state index contributed by atoms with van der Waals surface area (Å²) in [5, 5.41) is 4.47. The predicted octanol–water partition coefficient (Wildman–Crippen LogP) is 1.76. The fraction of sp³-hybridized carbons (Fsp3) is 0.750. The zero-order chi connectivity index (χ0) is 12.0. The third-order valence-electron chi connectivity index (χ3n) is 2.50. The van der Waals surface area contributed by atoms with Crippen LogP contribution in [0.1, 0.15) is 38.9 Å². The number of ether oxygens (including phenoxy) is 1. The highest BCUT2D eigenvalue weighted by atomic mass is 16.5. The van der Waals surface area contributed by atoms with Gasteiger partial charge in [-0.1, -0.05) is 0 Å². The van der Waals surface area contributed by atoms with Crippen LogP contribution in [-0.4, -0.2) is 29.0 Å². The number of nitrogens with two attached hydrogens (primary N) is 1. The van der Waals surface area contributed by atoms with Gasteiger partial charge in [-0.2, -0.15) is 5.10 Å². The van der Waals surface area contributed by atoms with Crippen molar-refractivity contribution in [2.24, 2.45) is 5.73 Å². The lowest BCUT2D eigenvalue weighted by Crippen LogP contribution is -2.25. The van der Waals surface area contributed by atoms with Crippen molar-refractivity contribution in [1.82, 2.24) is 9.78 Å². The molecule has 0 aliphatic rings. The monoisotopic (exact) mass is 225 g/mol. The van der Waals surface area contributed by atoms with Gasteiger partial charge in [0.05, 0.1) is 5.69 Å². The molecule has 92 valence electrons. The first-order chi connectivity index (χ1) is 7.63. The summed E-state index contributed by atoms with van der Waals surface area (Å²) in [5.74, 6) is 0. The van der Waals surface area contributed by atoms with Gasteiger partial charge in [0.2, 0.25) is 0 Å². The van der Waals surface area contributed by atoms with Crippen LogP contribution >= 0.6 is 0 Å². The third kappa shape index (κ3) is 4.33. The molecule has 16 heavy (non-hydrogen) atoms. The molecular weight excluding hydrogens is 202 g/mol. The van der Waals surface area contributed by atoms with Crippen molar-refractivity contribution in [2.45, 2.75) is 45.7 Å². The quantitative estimate of drug-likeness (QED) is 0.719. The molecule has 1 unspecified atom stereocenters. The van der Waals surface area contributed by atoms with Gasteiger partial charge in [0.1, 0.15) is 0 Å². The van der Waals surface area contributed by atoms with Gasteiger partial charge >= 0.3 is 0 Å². The summed E-state index contributed by atoms with van der Waals surface area (Å²) in [6.07, 6.45) is 3.73. The highest BCUT2D eigenvalue weighted by Crippen LogP contribution is 2.06. The molecule has 0 fully saturated rings. The molecule has 1 aromatic heterocycles. The minimum atomic E-state index is 0.141. The van der Waals surface area contributed by atoms with E-state index >= 15 is 0 Å². The fourth-order valence-electron chi connectivity index (χ4n) is 1.52. The molecule has 4 nitrogen and oxygen atoms in total. The maximum Gasteiger partial charge on any atom is 0.0640 e. The first kappa shape index (κ1) is 13.2. The van der Waals surface area contributed by atoms with Gasteiger partial charge in [-0.25, -0.2) is 0 Å². The molecule has 1 rings (SSSR count). The molecule has 1 aromatic rings. The normalized spacial score (nSPS) is 13.3. The maximum absolute atomic E-state index is 6.00. The van der Waals surface area contributed by atoms with Gasteiger partial charge in [-0.15, -0.1) is 0 Å². The summed E-state index contributed by atoms with van der Waals surface area (Å²) in [6.45, 7) is 7.73. The number of nitrogens with zero attached hydrogens (tertiary/aromatic N) is 2. The topological polar surface area (TPSA) is 53.1 Å².